The highest BCUT2D eigenvalue weighted by atomic mass is 16.6. The van der Waals surface area contributed by atoms with Crippen LogP contribution in [-0.4, -0.2) is 31.2 Å². The van der Waals surface area contributed by atoms with Crippen LogP contribution >= 0.6 is 0 Å². The van der Waals surface area contributed by atoms with Gasteiger partial charge in [0.2, 0.25) is 0 Å². The van der Waals surface area contributed by atoms with Crippen LogP contribution < -0.4 is 5.32 Å². The first-order valence-corrected chi connectivity index (χ1v) is 7.84. The van der Waals surface area contributed by atoms with E-state index in [0.29, 0.717) is 12.3 Å². The van der Waals surface area contributed by atoms with Gasteiger partial charge >= 0.3 is 5.97 Å². The Hall–Kier alpha value is -2.66. The number of rotatable bonds is 7. The van der Waals surface area contributed by atoms with E-state index in [0.717, 1.165) is 11.1 Å². The maximum absolute atomic E-state index is 12.3. The molecule has 2 aromatic rings. The summed E-state index contributed by atoms with van der Waals surface area (Å²) in [6.45, 7) is 3.57. The van der Waals surface area contributed by atoms with E-state index in [2.05, 4.69) is 5.32 Å². The third kappa shape index (κ3) is 4.93. The monoisotopic (exact) mass is 327 g/mol. The number of carbonyl (C=O) groups is 2. The van der Waals surface area contributed by atoms with Gasteiger partial charge in [-0.2, -0.15) is 0 Å². The van der Waals surface area contributed by atoms with Crippen LogP contribution in [0.2, 0.25) is 0 Å². The number of benzene rings is 2. The van der Waals surface area contributed by atoms with Gasteiger partial charge in [-0.05, 0) is 25.5 Å². The Morgan fingerprint density at radius 1 is 1.04 bits per heavy atom. The van der Waals surface area contributed by atoms with E-state index in [1.807, 2.05) is 54.6 Å². The number of anilines is 1. The minimum atomic E-state index is -0.901. The lowest BCUT2D eigenvalue weighted by Crippen LogP contribution is -2.31. The number of amides is 1. The van der Waals surface area contributed by atoms with Gasteiger partial charge in [0, 0.05) is 17.9 Å². The highest BCUT2D eigenvalue weighted by Gasteiger charge is 2.19. The number of hydrogen-bond donors (Lipinski definition) is 1. The molecule has 0 heterocycles. The zero-order valence-corrected chi connectivity index (χ0v) is 13.8. The van der Waals surface area contributed by atoms with E-state index in [1.165, 1.54) is 6.92 Å². The number of para-hydroxylation sites is 1. The molecule has 2 rings (SSSR count). The van der Waals surface area contributed by atoms with Gasteiger partial charge in [0.05, 0.1) is 0 Å². The third-order valence-electron chi connectivity index (χ3n) is 3.37. The number of ether oxygens (including phenoxy) is 2. The second-order valence-corrected chi connectivity index (χ2v) is 5.17. The zero-order valence-electron chi connectivity index (χ0n) is 13.8. The van der Waals surface area contributed by atoms with Crippen molar-refractivity contribution in [3.8, 4) is 11.1 Å². The van der Waals surface area contributed by atoms with Crippen molar-refractivity contribution in [2.75, 3.05) is 18.5 Å². The topological polar surface area (TPSA) is 64.6 Å². The lowest BCUT2D eigenvalue weighted by molar-refractivity contribution is -0.157. The van der Waals surface area contributed by atoms with Crippen molar-refractivity contribution in [3.63, 3.8) is 0 Å². The Morgan fingerprint density at radius 2 is 1.71 bits per heavy atom. The van der Waals surface area contributed by atoms with Gasteiger partial charge < -0.3 is 14.8 Å². The summed E-state index contributed by atoms with van der Waals surface area (Å²) in [5.41, 5.74) is 2.56. The van der Waals surface area contributed by atoms with Crippen LogP contribution in [0.3, 0.4) is 0 Å². The van der Waals surface area contributed by atoms with E-state index in [1.54, 1.807) is 6.92 Å². The fraction of sp³-hybridized carbons (Fsp3) is 0.263. The molecule has 2 aromatic carbocycles. The fourth-order valence-corrected chi connectivity index (χ4v) is 2.17. The summed E-state index contributed by atoms with van der Waals surface area (Å²) in [7, 11) is 0. The minimum Gasteiger partial charge on any atom is -0.451 e. The third-order valence-corrected chi connectivity index (χ3v) is 3.37. The lowest BCUT2D eigenvalue weighted by atomic mass is 10.0. The average molecular weight is 327 g/mol. The molecule has 1 amide bonds. The van der Waals surface area contributed by atoms with Crippen molar-refractivity contribution in [2.45, 2.75) is 20.0 Å². The normalized spacial score (nSPS) is 11.6. The molecule has 0 aromatic heterocycles. The molecule has 1 atom stereocenters. The number of nitrogens with one attached hydrogen (secondary N) is 1. The molecule has 1 unspecified atom stereocenters. The molecule has 0 saturated heterocycles. The molecular formula is C19H21NO4. The molecule has 0 fully saturated rings. The summed E-state index contributed by atoms with van der Waals surface area (Å²) in [4.78, 5) is 23.8. The molecule has 0 aliphatic carbocycles. The Balaban J connectivity index is 2.06. The highest BCUT2D eigenvalue weighted by molar-refractivity contribution is 5.98. The predicted molar refractivity (Wildman–Crippen MR) is 92.6 cm³/mol. The summed E-state index contributed by atoms with van der Waals surface area (Å²) in [5.74, 6) is -0.945. The molecule has 0 aliphatic heterocycles. The highest BCUT2D eigenvalue weighted by Crippen LogP contribution is 2.27. The Kier molecular flexibility index (Phi) is 6.51. The fourth-order valence-electron chi connectivity index (χ4n) is 2.17. The summed E-state index contributed by atoms with van der Waals surface area (Å²) >= 11 is 0. The SMILES string of the molecule is CCOCC(=O)OC(C)C(=O)Nc1ccccc1-c1ccccc1. The van der Waals surface area contributed by atoms with Gasteiger partial charge in [-0.25, -0.2) is 4.79 Å². The molecule has 126 valence electrons. The maximum atomic E-state index is 12.3. The largest absolute Gasteiger partial charge is 0.451 e. The first kappa shape index (κ1) is 17.7. The summed E-state index contributed by atoms with van der Waals surface area (Å²) in [6.07, 6.45) is -0.901. The van der Waals surface area contributed by atoms with Crippen LogP contribution in [0.1, 0.15) is 13.8 Å². The molecular weight excluding hydrogens is 306 g/mol. The molecule has 24 heavy (non-hydrogen) atoms. The van der Waals surface area contributed by atoms with Crippen molar-refractivity contribution >= 4 is 17.6 Å². The second kappa shape index (κ2) is 8.84. The van der Waals surface area contributed by atoms with Gasteiger partial charge in [0.25, 0.3) is 5.91 Å². The zero-order chi connectivity index (χ0) is 17.4. The second-order valence-electron chi connectivity index (χ2n) is 5.17. The maximum Gasteiger partial charge on any atom is 0.332 e. The van der Waals surface area contributed by atoms with Crippen LogP contribution in [0.25, 0.3) is 11.1 Å². The molecule has 0 saturated carbocycles. The van der Waals surface area contributed by atoms with E-state index in [4.69, 9.17) is 9.47 Å². The Labute approximate surface area is 141 Å². The van der Waals surface area contributed by atoms with Gasteiger partial charge in [0.1, 0.15) is 6.61 Å². The lowest BCUT2D eigenvalue weighted by Gasteiger charge is -2.15. The van der Waals surface area contributed by atoms with E-state index in [-0.39, 0.29) is 12.5 Å². The number of hydrogen-bond acceptors (Lipinski definition) is 4. The van der Waals surface area contributed by atoms with Gasteiger partial charge in [0.15, 0.2) is 6.10 Å². The van der Waals surface area contributed by atoms with E-state index >= 15 is 0 Å². The molecule has 5 heteroatoms. The average Bonchev–Trinajstić information content (AvgIpc) is 2.61. The van der Waals surface area contributed by atoms with Crippen molar-refractivity contribution in [3.05, 3.63) is 54.6 Å². The van der Waals surface area contributed by atoms with Crippen molar-refractivity contribution < 1.29 is 19.1 Å². The first-order chi connectivity index (χ1) is 11.6. The smallest absolute Gasteiger partial charge is 0.332 e. The van der Waals surface area contributed by atoms with Crippen LogP contribution in [-0.2, 0) is 19.1 Å². The van der Waals surface area contributed by atoms with Gasteiger partial charge in [-0.3, -0.25) is 4.79 Å². The van der Waals surface area contributed by atoms with Crippen molar-refractivity contribution in [1.29, 1.82) is 0 Å². The summed E-state index contributed by atoms with van der Waals surface area (Å²) < 4.78 is 10.0. The predicted octanol–water partition coefficient (Wildman–Crippen LogP) is 3.26. The van der Waals surface area contributed by atoms with E-state index in [9.17, 15) is 9.59 Å². The molecule has 0 bridgehead atoms. The molecule has 0 aliphatic rings. The van der Waals surface area contributed by atoms with Crippen LogP contribution in [0.5, 0.6) is 0 Å². The van der Waals surface area contributed by atoms with Gasteiger partial charge in [-0.1, -0.05) is 48.5 Å². The van der Waals surface area contributed by atoms with Crippen LogP contribution in [0, 0.1) is 0 Å². The van der Waals surface area contributed by atoms with Gasteiger partial charge in [-0.15, -0.1) is 0 Å². The number of esters is 1. The van der Waals surface area contributed by atoms with E-state index < -0.39 is 12.1 Å². The quantitative estimate of drug-likeness (QED) is 0.793. The standard InChI is InChI=1S/C19H21NO4/c1-3-23-13-18(21)24-14(2)19(22)20-17-12-8-7-11-16(17)15-9-5-4-6-10-15/h4-12,14H,3,13H2,1-2H3,(H,20,22). The summed E-state index contributed by atoms with van der Waals surface area (Å²) in [5, 5.41) is 2.81. The van der Waals surface area contributed by atoms with Crippen LogP contribution in [0.4, 0.5) is 5.69 Å². The summed E-state index contributed by atoms with van der Waals surface area (Å²) in [6, 6.07) is 17.2. The number of carbonyl (C=O) groups excluding carboxylic acids is 2. The molecule has 0 spiro atoms. The molecule has 1 N–H and O–H groups in total. The molecule has 0 radical (unpaired) electrons. The van der Waals surface area contributed by atoms with Crippen LogP contribution in [0.15, 0.2) is 54.6 Å². The first-order valence-electron chi connectivity index (χ1n) is 7.84. The van der Waals surface area contributed by atoms with Crippen molar-refractivity contribution in [2.24, 2.45) is 0 Å². The Morgan fingerprint density at radius 3 is 2.42 bits per heavy atom. The Bertz CT molecular complexity index is 685. The molecule has 5 nitrogen and oxygen atoms in total. The van der Waals surface area contributed by atoms with Crippen molar-refractivity contribution in [1.82, 2.24) is 0 Å². The minimum absolute atomic E-state index is 0.158.